The third-order valence-corrected chi connectivity index (χ3v) is 4.70. The Hall–Kier alpha value is -1.59. The molecule has 1 fully saturated rings. The highest BCUT2D eigenvalue weighted by molar-refractivity contribution is 5.79. The lowest BCUT2D eigenvalue weighted by Gasteiger charge is -2.21. The molecule has 2 N–H and O–H groups in total. The van der Waals surface area contributed by atoms with E-state index >= 15 is 0 Å². The zero-order valence-corrected chi connectivity index (χ0v) is 16.6. The number of aryl methyl sites for hydroxylation is 2. The van der Waals surface area contributed by atoms with E-state index in [1.54, 1.807) is 0 Å². The van der Waals surface area contributed by atoms with E-state index in [2.05, 4.69) is 49.6 Å². The average molecular weight is 362 g/mol. The van der Waals surface area contributed by atoms with Gasteiger partial charge in [-0.1, -0.05) is 23.8 Å². The van der Waals surface area contributed by atoms with Crippen molar-refractivity contribution in [2.45, 2.75) is 46.6 Å². The molecule has 0 saturated carbocycles. The molecule has 0 radical (unpaired) electrons. The maximum absolute atomic E-state index is 5.82. The van der Waals surface area contributed by atoms with Crippen LogP contribution in [0.3, 0.4) is 0 Å². The Balaban J connectivity index is 1.66. The predicted octanol–water partition coefficient (Wildman–Crippen LogP) is 3.19. The van der Waals surface area contributed by atoms with Gasteiger partial charge in [0.1, 0.15) is 0 Å². The minimum atomic E-state index is 0.674. The highest BCUT2D eigenvalue weighted by Gasteiger charge is 2.13. The van der Waals surface area contributed by atoms with Gasteiger partial charge in [-0.25, -0.2) is 4.99 Å². The first-order valence-electron chi connectivity index (χ1n) is 9.93. The van der Waals surface area contributed by atoms with E-state index < -0.39 is 0 Å². The number of hydrogen-bond acceptors (Lipinski definition) is 3. The van der Waals surface area contributed by atoms with Gasteiger partial charge < -0.3 is 20.1 Å². The molecule has 0 amide bonds. The van der Waals surface area contributed by atoms with Crippen LogP contribution < -0.4 is 10.6 Å². The van der Waals surface area contributed by atoms with Crippen molar-refractivity contribution < 1.29 is 9.47 Å². The second-order valence-corrected chi connectivity index (χ2v) is 7.04. The number of nitrogens with one attached hydrogen (secondary N) is 2. The number of nitrogens with zero attached hydrogens (tertiary/aromatic N) is 1. The van der Waals surface area contributed by atoms with E-state index in [0.29, 0.717) is 12.5 Å². The molecule has 0 bridgehead atoms. The Labute approximate surface area is 158 Å². The molecular formula is C21H35N3O2. The number of rotatable bonds is 9. The van der Waals surface area contributed by atoms with Crippen LogP contribution in [0.25, 0.3) is 0 Å². The van der Waals surface area contributed by atoms with E-state index in [-0.39, 0.29) is 0 Å². The van der Waals surface area contributed by atoms with Gasteiger partial charge in [0.2, 0.25) is 0 Å². The van der Waals surface area contributed by atoms with Gasteiger partial charge in [-0.2, -0.15) is 0 Å². The number of aliphatic imine (C=N–C) groups is 1. The highest BCUT2D eigenvalue weighted by atomic mass is 16.5. The molecule has 1 aromatic carbocycles. The quantitative estimate of drug-likeness (QED) is 0.403. The second kappa shape index (κ2) is 11.9. The van der Waals surface area contributed by atoms with Gasteiger partial charge in [0, 0.05) is 39.5 Å². The molecule has 0 unspecified atom stereocenters. The molecule has 5 heteroatoms. The highest BCUT2D eigenvalue weighted by Crippen LogP contribution is 2.14. The van der Waals surface area contributed by atoms with E-state index in [4.69, 9.17) is 14.5 Å². The molecule has 26 heavy (non-hydrogen) atoms. The van der Waals surface area contributed by atoms with Gasteiger partial charge in [-0.05, 0) is 57.1 Å². The topological polar surface area (TPSA) is 54.9 Å². The Morgan fingerprint density at radius 1 is 1.23 bits per heavy atom. The monoisotopic (exact) mass is 361 g/mol. The summed E-state index contributed by atoms with van der Waals surface area (Å²) in [5, 5.41) is 6.71. The molecule has 5 nitrogen and oxygen atoms in total. The molecule has 1 saturated heterocycles. The Bertz CT molecular complexity index is 554. The third-order valence-electron chi connectivity index (χ3n) is 4.70. The van der Waals surface area contributed by atoms with E-state index in [1.807, 2.05) is 0 Å². The standard InChI is InChI=1S/C21H35N3O2/c1-4-22-21(24-15-20-7-6-17(2)14-18(20)3)23-10-5-11-26-16-19-8-12-25-13-9-19/h6-7,14,19H,4-5,8-13,15-16H2,1-3H3,(H2,22,23,24). The van der Waals surface area contributed by atoms with Gasteiger partial charge in [0.15, 0.2) is 5.96 Å². The van der Waals surface area contributed by atoms with Gasteiger partial charge >= 0.3 is 0 Å². The van der Waals surface area contributed by atoms with Crippen LogP contribution in [0.1, 0.15) is 42.9 Å². The summed E-state index contributed by atoms with van der Waals surface area (Å²) >= 11 is 0. The van der Waals surface area contributed by atoms with Crippen molar-refractivity contribution in [2.24, 2.45) is 10.9 Å². The lowest BCUT2D eigenvalue weighted by Crippen LogP contribution is -2.38. The summed E-state index contributed by atoms with van der Waals surface area (Å²) in [6.07, 6.45) is 3.25. The zero-order valence-electron chi connectivity index (χ0n) is 16.6. The van der Waals surface area contributed by atoms with Crippen molar-refractivity contribution in [2.75, 3.05) is 39.5 Å². The molecule has 0 aliphatic carbocycles. The molecular weight excluding hydrogens is 326 g/mol. The zero-order chi connectivity index (χ0) is 18.6. The van der Waals surface area contributed by atoms with Crippen LogP contribution in [0.2, 0.25) is 0 Å². The Morgan fingerprint density at radius 3 is 2.77 bits per heavy atom. The van der Waals surface area contributed by atoms with Gasteiger partial charge in [0.25, 0.3) is 0 Å². The maximum atomic E-state index is 5.82. The van der Waals surface area contributed by atoms with Crippen molar-refractivity contribution >= 4 is 5.96 Å². The lowest BCUT2D eigenvalue weighted by atomic mass is 10.0. The second-order valence-electron chi connectivity index (χ2n) is 7.04. The molecule has 0 atom stereocenters. The SMILES string of the molecule is CCNC(=NCc1ccc(C)cc1C)NCCCOCC1CCOCC1. The lowest BCUT2D eigenvalue weighted by molar-refractivity contribution is 0.0203. The summed E-state index contributed by atoms with van der Waals surface area (Å²) in [6.45, 7) is 12.2. The normalized spacial score (nSPS) is 15.9. The fourth-order valence-electron chi connectivity index (χ4n) is 3.07. The predicted molar refractivity (Wildman–Crippen MR) is 108 cm³/mol. The van der Waals surface area contributed by atoms with Crippen molar-refractivity contribution in [3.8, 4) is 0 Å². The summed E-state index contributed by atoms with van der Waals surface area (Å²) in [5.74, 6) is 1.55. The molecule has 2 rings (SSSR count). The molecule has 1 heterocycles. The van der Waals surface area contributed by atoms with Crippen molar-refractivity contribution in [1.82, 2.24) is 10.6 Å². The van der Waals surface area contributed by atoms with Crippen LogP contribution in [0.5, 0.6) is 0 Å². The third kappa shape index (κ3) is 7.75. The summed E-state index contributed by atoms with van der Waals surface area (Å²) in [7, 11) is 0. The summed E-state index contributed by atoms with van der Waals surface area (Å²) in [5.41, 5.74) is 3.86. The number of ether oxygens (including phenoxy) is 2. The molecule has 1 aliphatic heterocycles. The van der Waals surface area contributed by atoms with Crippen LogP contribution in [0, 0.1) is 19.8 Å². The van der Waals surface area contributed by atoms with Crippen molar-refractivity contribution in [3.63, 3.8) is 0 Å². The van der Waals surface area contributed by atoms with Crippen molar-refractivity contribution in [3.05, 3.63) is 34.9 Å². The van der Waals surface area contributed by atoms with Gasteiger partial charge in [-0.15, -0.1) is 0 Å². The minimum Gasteiger partial charge on any atom is -0.381 e. The molecule has 0 aromatic heterocycles. The largest absolute Gasteiger partial charge is 0.381 e. The van der Waals surface area contributed by atoms with Crippen LogP contribution in [-0.4, -0.2) is 45.5 Å². The minimum absolute atomic E-state index is 0.674. The fraction of sp³-hybridized carbons (Fsp3) is 0.667. The number of benzene rings is 1. The van der Waals surface area contributed by atoms with Crippen LogP contribution in [0.4, 0.5) is 0 Å². The summed E-state index contributed by atoms with van der Waals surface area (Å²) in [4.78, 5) is 4.71. The van der Waals surface area contributed by atoms with Crippen LogP contribution in [-0.2, 0) is 16.0 Å². The first kappa shape index (κ1) is 20.7. The van der Waals surface area contributed by atoms with Crippen LogP contribution in [0.15, 0.2) is 23.2 Å². The molecule has 1 aromatic rings. The van der Waals surface area contributed by atoms with Gasteiger partial charge in [-0.3, -0.25) is 0 Å². The number of hydrogen-bond donors (Lipinski definition) is 2. The van der Waals surface area contributed by atoms with E-state index in [1.165, 1.54) is 16.7 Å². The first-order chi connectivity index (χ1) is 12.7. The number of guanidine groups is 1. The van der Waals surface area contributed by atoms with Gasteiger partial charge in [0.05, 0.1) is 6.54 Å². The molecule has 0 spiro atoms. The summed E-state index contributed by atoms with van der Waals surface area (Å²) < 4.78 is 11.2. The Morgan fingerprint density at radius 2 is 2.04 bits per heavy atom. The summed E-state index contributed by atoms with van der Waals surface area (Å²) in [6, 6.07) is 6.52. The Kier molecular flexibility index (Phi) is 9.50. The van der Waals surface area contributed by atoms with Crippen molar-refractivity contribution in [1.29, 1.82) is 0 Å². The van der Waals surface area contributed by atoms with Crippen LogP contribution >= 0.6 is 0 Å². The molecule has 146 valence electrons. The maximum Gasteiger partial charge on any atom is 0.191 e. The average Bonchev–Trinajstić information content (AvgIpc) is 2.64. The molecule has 1 aliphatic rings. The van der Waals surface area contributed by atoms with E-state index in [9.17, 15) is 0 Å². The first-order valence-corrected chi connectivity index (χ1v) is 9.93. The fourth-order valence-corrected chi connectivity index (χ4v) is 3.07. The van der Waals surface area contributed by atoms with E-state index in [0.717, 1.165) is 64.7 Å². The smallest absolute Gasteiger partial charge is 0.191 e.